The fourth-order valence-corrected chi connectivity index (χ4v) is 0.703. The highest BCUT2D eigenvalue weighted by Gasteiger charge is 2.30. The van der Waals surface area contributed by atoms with Crippen molar-refractivity contribution in [1.29, 1.82) is 0 Å². The predicted octanol–water partition coefficient (Wildman–Crippen LogP) is -3.44. The van der Waals surface area contributed by atoms with Crippen LogP contribution in [0, 0.1) is 0 Å². The topological polar surface area (TPSA) is 133 Å². The Morgan fingerprint density at radius 1 is 1.36 bits per heavy atom. The Kier molecular flexibility index (Phi) is 6.34. The first-order chi connectivity index (χ1) is 6.54. The molecule has 0 spiro atoms. The number of nitrogens with two attached hydrogens (primary N) is 1. The van der Waals surface area contributed by atoms with E-state index in [9.17, 15) is 4.79 Å². The molecule has 0 aliphatic heterocycles. The van der Waals surface area contributed by atoms with Gasteiger partial charge in [0.2, 0.25) is 0 Å². The first-order valence-electron chi connectivity index (χ1n) is 4.06. The lowest BCUT2D eigenvalue weighted by Crippen LogP contribution is -2.44. The minimum absolute atomic E-state index is 0.0855. The zero-order valence-corrected chi connectivity index (χ0v) is 7.54. The van der Waals surface area contributed by atoms with Gasteiger partial charge in [0.15, 0.2) is 6.10 Å². The van der Waals surface area contributed by atoms with E-state index in [1.165, 1.54) is 0 Å². The highest BCUT2D eigenvalue weighted by molar-refractivity contribution is 5.75. The average molecular weight is 209 g/mol. The van der Waals surface area contributed by atoms with Crippen LogP contribution in [0.4, 0.5) is 0 Å². The summed E-state index contributed by atoms with van der Waals surface area (Å²) < 4.78 is 4.40. The molecule has 0 aromatic rings. The van der Waals surface area contributed by atoms with Gasteiger partial charge in [-0.1, -0.05) is 0 Å². The Morgan fingerprint density at radius 3 is 2.36 bits per heavy atom. The molecule has 0 amide bonds. The van der Waals surface area contributed by atoms with Crippen LogP contribution in [-0.2, 0) is 9.53 Å². The molecule has 0 unspecified atom stereocenters. The SMILES string of the molecule is NCCOC(=O)[C@H](O)[C@H](O)[C@H](O)CO. The van der Waals surface area contributed by atoms with E-state index in [-0.39, 0.29) is 13.2 Å². The second-order valence-corrected chi connectivity index (χ2v) is 2.64. The van der Waals surface area contributed by atoms with Crippen LogP contribution in [-0.4, -0.2) is 64.5 Å². The number of hydrogen-bond donors (Lipinski definition) is 5. The van der Waals surface area contributed by atoms with Gasteiger partial charge < -0.3 is 30.9 Å². The number of carbonyl (C=O) groups is 1. The lowest BCUT2D eigenvalue weighted by atomic mass is 10.1. The lowest BCUT2D eigenvalue weighted by molar-refractivity contribution is -0.165. The molecule has 0 aliphatic carbocycles. The van der Waals surface area contributed by atoms with Crippen molar-refractivity contribution < 1.29 is 30.0 Å². The Labute approximate surface area is 80.7 Å². The highest BCUT2D eigenvalue weighted by Crippen LogP contribution is 2.01. The van der Waals surface area contributed by atoms with Gasteiger partial charge in [0.1, 0.15) is 18.8 Å². The second-order valence-electron chi connectivity index (χ2n) is 2.64. The molecular weight excluding hydrogens is 194 g/mol. The van der Waals surface area contributed by atoms with E-state index >= 15 is 0 Å². The summed E-state index contributed by atoms with van der Waals surface area (Å²) in [5.74, 6) is -1.09. The highest BCUT2D eigenvalue weighted by atomic mass is 16.5. The monoisotopic (exact) mass is 209 g/mol. The van der Waals surface area contributed by atoms with Crippen LogP contribution >= 0.6 is 0 Å². The molecule has 0 rings (SSSR count). The normalized spacial score (nSPS) is 17.2. The smallest absolute Gasteiger partial charge is 0.337 e. The number of aliphatic hydroxyl groups is 4. The van der Waals surface area contributed by atoms with Crippen molar-refractivity contribution in [3.05, 3.63) is 0 Å². The summed E-state index contributed by atoms with van der Waals surface area (Å²) in [7, 11) is 0. The Morgan fingerprint density at radius 2 is 1.93 bits per heavy atom. The maximum atomic E-state index is 10.9. The van der Waals surface area contributed by atoms with Crippen LogP contribution in [0.2, 0.25) is 0 Å². The molecule has 0 saturated heterocycles. The van der Waals surface area contributed by atoms with E-state index in [1.54, 1.807) is 0 Å². The summed E-state index contributed by atoms with van der Waals surface area (Å²) in [5, 5.41) is 35.4. The van der Waals surface area contributed by atoms with Gasteiger partial charge in [-0.25, -0.2) is 4.79 Å². The summed E-state index contributed by atoms with van der Waals surface area (Å²) in [4.78, 5) is 10.9. The van der Waals surface area contributed by atoms with Crippen molar-refractivity contribution >= 4 is 5.97 Å². The third kappa shape index (κ3) is 3.99. The Hall–Kier alpha value is -0.730. The van der Waals surface area contributed by atoms with Crippen LogP contribution < -0.4 is 5.73 Å². The molecule has 0 aliphatic rings. The molecule has 0 aromatic heterocycles. The van der Waals surface area contributed by atoms with Gasteiger partial charge in [-0.2, -0.15) is 0 Å². The van der Waals surface area contributed by atoms with Crippen molar-refractivity contribution in [3.63, 3.8) is 0 Å². The molecule has 3 atom stereocenters. The van der Waals surface area contributed by atoms with Gasteiger partial charge in [-0.3, -0.25) is 0 Å². The minimum atomic E-state index is -1.89. The van der Waals surface area contributed by atoms with E-state index < -0.39 is 30.9 Å². The molecule has 0 fully saturated rings. The zero-order valence-electron chi connectivity index (χ0n) is 7.54. The van der Waals surface area contributed by atoms with E-state index in [0.717, 1.165) is 0 Å². The zero-order chi connectivity index (χ0) is 11.1. The standard InChI is InChI=1S/C7H15NO6/c8-1-2-14-7(13)6(12)5(11)4(10)3-9/h4-6,9-12H,1-3,8H2/t4-,5-,6-/m1/s1. The van der Waals surface area contributed by atoms with Crippen molar-refractivity contribution in [1.82, 2.24) is 0 Å². The molecule has 6 N–H and O–H groups in total. The summed E-state index contributed by atoms with van der Waals surface area (Å²) in [6.07, 6.45) is -5.25. The lowest BCUT2D eigenvalue weighted by Gasteiger charge is -2.19. The van der Waals surface area contributed by atoms with Crippen LogP contribution in [0.15, 0.2) is 0 Å². The van der Waals surface area contributed by atoms with Crippen LogP contribution in [0.5, 0.6) is 0 Å². The van der Waals surface area contributed by atoms with E-state index in [4.69, 9.17) is 26.2 Å². The number of aliphatic hydroxyl groups excluding tert-OH is 4. The third-order valence-electron chi connectivity index (χ3n) is 1.51. The van der Waals surface area contributed by atoms with E-state index in [2.05, 4.69) is 4.74 Å². The van der Waals surface area contributed by atoms with Crippen molar-refractivity contribution in [2.24, 2.45) is 5.73 Å². The molecule has 14 heavy (non-hydrogen) atoms. The Balaban J connectivity index is 4.03. The molecule has 0 bridgehead atoms. The largest absolute Gasteiger partial charge is 0.462 e. The molecule has 7 nitrogen and oxygen atoms in total. The maximum Gasteiger partial charge on any atom is 0.337 e. The second kappa shape index (κ2) is 6.68. The fraction of sp³-hybridized carbons (Fsp3) is 0.857. The van der Waals surface area contributed by atoms with E-state index in [1.807, 2.05) is 0 Å². The average Bonchev–Trinajstić information content (AvgIpc) is 2.22. The molecule has 0 heterocycles. The quantitative estimate of drug-likeness (QED) is 0.287. The Bertz CT molecular complexity index is 176. The molecule has 0 aromatic carbocycles. The number of esters is 1. The number of rotatable bonds is 6. The third-order valence-corrected chi connectivity index (χ3v) is 1.51. The summed E-state index contributed by atoms with van der Waals surface area (Å²) in [6, 6.07) is 0. The van der Waals surface area contributed by atoms with Crippen molar-refractivity contribution in [2.45, 2.75) is 18.3 Å². The summed E-state index contributed by atoms with van der Waals surface area (Å²) >= 11 is 0. The predicted molar refractivity (Wildman–Crippen MR) is 45.1 cm³/mol. The molecular formula is C7H15NO6. The first kappa shape index (κ1) is 13.3. The van der Waals surface area contributed by atoms with Gasteiger partial charge in [-0.15, -0.1) is 0 Å². The van der Waals surface area contributed by atoms with E-state index in [0.29, 0.717) is 0 Å². The number of hydrogen-bond acceptors (Lipinski definition) is 7. The molecule has 7 heteroatoms. The fourth-order valence-electron chi connectivity index (χ4n) is 0.703. The first-order valence-corrected chi connectivity index (χ1v) is 4.06. The van der Waals surface area contributed by atoms with Crippen molar-refractivity contribution in [3.8, 4) is 0 Å². The minimum Gasteiger partial charge on any atom is -0.462 e. The van der Waals surface area contributed by atoms with Crippen LogP contribution in [0.1, 0.15) is 0 Å². The summed E-state index contributed by atoms with van der Waals surface area (Å²) in [6.45, 7) is -0.753. The van der Waals surface area contributed by atoms with Gasteiger partial charge in [0, 0.05) is 6.54 Å². The summed E-state index contributed by atoms with van der Waals surface area (Å²) in [5.41, 5.74) is 5.03. The number of ether oxygens (including phenoxy) is 1. The van der Waals surface area contributed by atoms with Gasteiger partial charge in [0.05, 0.1) is 6.61 Å². The molecule has 0 saturated carbocycles. The van der Waals surface area contributed by atoms with Gasteiger partial charge in [-0.05, 0) is 0 Å². The van der Waals surface area contributed by atoms with Crippen molar-refractivity contribution in [2.75, 3.05) is 19.8 Å². The van der Waals surface area contributed by atoms with Crippen LogP contribution in [0.3, 0.4) is 0 Å². The van der Waals surface area contributed by atoms with Gasteiger partial charge in [0.25, 0.3) is 0 Å². The molecule has 0 radical (unpaired) electrons. The maximum absolute atomic E-state index is 10.9. The number of carbonyl (C=O) groups excluding carboxylic acids is 1. The van der Waals surface area contributed by atoms with Gasteiger partial charge >= 0.3 is 5.97 Å². The van der Waals surface area contributed by atoms with Crippen LogP contribution in [0.25, 0.3) is 0 Å². The molecule has 84 valence electrons.